The topological polar surface area (TPSA) is 38.8 Å². The van der Waals surface area contributed by atoms with Crippen molar-refractivity contribution < 1.29 is 14.3 Å². The maximum absolute atomic E-state index is 12.6. The van der Waals surface area contributed by atoms with Crippen LogP contribution < -0.4 is 0 Å². The normalized spacial score (nSPS) is 52.7. The van der Waals surface area contributed by atoms with E-state index in [1.54, 1.807) is 0 Å². The second-order valence-corrected chi connectivity index (χ2v) is 10.8. The maximum atomic E-state index is 12.6. The first-order valence-electron chi connectivity index (χ1n) is 11.2. The lowest BCUT2D eigenvalue weighted by molar-refractivity contribution is -0.164. The molecule has 4 aliphatic carbocycles. The monoisotopic (exact) mass is 360 g/mol. The third-order valence-corrected chi connectivity index (χ3v) is 9.45. The number of ketones is 1. The van der Waals surface area contributed by atoms with Crippen LogP contribution in [-0.2, 0) is 14.3 Å². The molecule has 146 valence electrons. The van der Waals surface area contributed by atoms with Crippen molar-refractivity contribution in [3.63, 3.8) is 0 Å². The summed E-state index contributed by atoms with van der Waals surface area (Å²) in [7, 11) is 0. The zero-order valence-electron chi connectivity index (χ0n) is 16.9. The van der Waals surface area contributed by atoms with Gasteiger partial charge in [-0.2, -0.15) is 0 Å². The van der Waals surface area contributed by atoms with Gasteiger partial charge < -0.3 is 9.47 Å². The van der Waals surface area contributed by atoms with Gasteiger partial charge in [0, 0.05) is 11.8 Å². The Morgan fingerprint density at radius 3 is 2.65 bits per heavy atom. The van der Waals surface area contributed by atoms with Gasteiger partial charge in [-0.15, -0.1) is 0 Å². The average molecular weight is 361 g/mol. The van der Waals surface area contributed by atoms with Crippen molar-refractivity contribution >= 4 is 5.78 Å². The fourth-order valence-electron chi connectivity index (χ4n) is 7.85. The minimum absolute atomic E-state index is 0.0103. The number of hydrogen-bond donors (Lipinski definition) is 0. The summed E-state index contributed by atoms with van der Waals surface area (Å²) in [6, 6.07) is 0. The van der Waals surface area contributed by atoms with Crippen molar-refractivity contribution in [2.75, 3.05) is 13.2 Å². The van der Waals surface area contributed by atoms with Crippen molar-refractivity contribution in [2.24, 2.45) is 34.5 Å². The van der Waals surface area contributed by atoms with Crippen molar-refractivity contribution in [3.05, 3.63) is 0 Å². The van der Waals surface area contributed by atoms with Crippen molar-refractivity contribution in [1.29, 1.82) is 0 Å². The van der Waals surface area contributed by atoms with Gasteiger partial charge in [0.05, 0.1) is 24.9 Å². The van der Waals surface area contributed by atoms with Gasteiger partial charge in [-0.05, 0) is 94.3 Å². The van der Waals surface area contributed by atoms with E-state index in [1.165, 1.54) is 38.5 Å². The Morgan fingerprint density at radius 2 is 1.92 bits per heavy atom. The SMILES string of the molecule is CC(C)OC[C@]12CCC3(CO3)C[C@H]1CC[C@@H]1[C@@H]2CC[C@]2(C)C(=O)CC[C@@H]12. The van der Waals surface area contributed by atoms with Crippen LogP contribution in [0.4, 0.5) is 0 Å². The summed E-state index contributed by atoms with van der Waals surface area (Å²) >= 11 is 0. The van der Waals surface area contributed by atoms with Crippen molar-refractivity contribution in [2.45, 2.75) is 90.3 Å². The van der Waals surface area contributed by atoms with E-state index in [0.717, 1.165) is 50.2 Å². The second-order valence-electron chi connectivity index (χ2n) is 10.8. The molecule has 5 aliphatic rings. The largest absolute Gasteiger partial charge is 0.378 e. The first-order chi connectivity index (χ1) is 12.4. The molecule has 4 saturated carbocycles. The summed E-state index contributed by atoms with van der Waals surface area (Å²) in [5.41, 5.74) is 0.576. The minimum Gasteiger partial charge on any atom is -0.378 e. The minimum atomic E-state index is -0.0103. The molecule has 1 heterocycles. The smallest absolute Gasteiger partial charge is 0.139 e. The molecule has 0 aromatic rings. The van der Waals surface area contributed by atoms with E-state index in [9.17, 15) is 4.79 Å². The Kier molecular flexibility index (Phi) is 3.94. The number of ether oxygens (including phenoxy) is 2. The average Bonchev–Trinajstić information content (AvgIpc) is 3.30. The summed E-state index contributed by atoms with van der Waals surface area (Å²) in [4.78, 5) is 12.6. The molecule has 1 spiro atoms. The Labute approximate surface area is 158 Å². The highest BCUT2D eigenvalue weighted by atomic mass is 16.6. The molecule has 3 nitrogen and oxygen atoms in total. The summed E-state index contributed by atoms with van der Waals surface area (Å²) in [6.07, 6.45) is 11.1. The van der Waals surface area contributed by atoms with Gasteiger partial charge in [0.1, 0.15) is 5.78 Å². The molecule has 0 radical (unpaired) electrons. The molecule has 5 rings (SSSR count). The van der Waals surface area contributed by atoms with Crippen LogP contribution >= 0.6 is 0 Å². The molecule has 0 amide bonds. The van der Waals surface area contributed by atoms with Crippen LogP contribution in [0.1, 0.15) is 78.6 Å². The van der Waals surface area contributed by atoms with Gasteiger partial charge in [-0.25, -0.2) is 0 Å². The van der Waals surface area contributed by atoms with Gasteiger partial charge in [0.15, 0.2) is 0 Å². The Hall–Kier alpha value is -0.410. The van der Waals surface area contributed by atoms with Gasteiger partial charge in [-0.3, -0.25) is 4.79 Å². The molecule has 3 heteroatoms. The van der Waals surface area contributed by atoms with E-state index < -0.39 is 0 Å². The van der Waals surface area contributed by atoms with Crippen molar-refractivity contribution in [3.8, 4) is 0 Å². The molecule has 0 bridgehead atoms. The number of epoxide rings is 1. The van der Waals surface area contributed by atoms with Crippen LogP contribution in [0.5, 0.6) is 0 Å². The highest BCUT2D eigenvalue weighted by molar-refractivity contribution is 5.87. The van der Waals surface area contributed by atoms with E-state index in [-0.39, 0.29) is 11.0 Å². The van der Waals surface area contributed by atoms with Crippen LogP contribution in [0.3, 0.4) is 0 Å². The molecule has 1 unspecified atom stereocenters. The fraction of sp³-hybridized carbons (Fsp3) is 0.957. The number of carbonyl (C=O) groups is 1. The predicted molar refractivity (Wildman–Crippen MR) is 101 cm³/mol. The number of rotatable bonds is 3. The van der Waals surface area contributed by atoms with Crippen LogP contribution in [0.25, 0.3) is 0 Å². The fourth-order valence-corrected chi connectivity index (χ4v) is 7.85. The van der Waals surface area contributed by atoms with Gasteiger partial charge in [0.2, 0.25) is 0 Å². The standard InChI is InChI=1S/C23H36O3/c1-15(2)25-14-23-11-10-22(13-26-22)12-16(23)4-5-17-18-6-7-20(24)21(18,3)9-8-19(17)23/h15-19H,4-14H2,1-3H3/t16-,17+,18+,19+,21+,22?,23-/m1/s1. The highest BCUT2D eigenvalue weighted by Gasteiger charge is 2.64. The molecular weight excluding hydrogens is 324 g/mol. The summed E-state index contributed by atoms with van der Waals surface area (Å²) in [5, 5.41) is 0. The lowest BCUT2D eigenvalue weighted by Crippen LogP contribution is -2.57. The van der Waals surface area contributed by atoms with E-state index in [1.807, 2.05) is 0 Å². The third kappa shape index (κ3) is 2.42. The zero-order chi connectivity index (χ0) is 18.2. The van der Waals surface area contributed by atoms with E-state index in [4.69, 9.17) is 9.47 Å². The first-order valence-corrected chi connectivity index (χ1v) is 11.2. The molecular formula is C23H36O3. The molecule has 0 aromatic carbocycles. The third-order valence-electron chi connectivity index (χ3n) is 9.45. The Morgan fingerprint density at radius 1 is 1.12 bits per heavy atom. The number of carbonyl (C=O) groups excluding carboxylic acids is 1. The van der Waals surface area contributed by atoms with Crippen LogP contribution in [0.15, 0.2) is 0 Å². The van der Waals surface area contributed by atoms with E-state index >= 15 is 0 Å². The second kappa shape index (κ2) is 5.80. The Bertz CT molecular complexity index is 590. The van der Waals surface area contributed by atoms with E-state index in [2.05, 4.69) is 20.8 Å². The maximum Gasteiger partial charge on any atom is 0.139 e. The van der Waals surface area contributed by atoms with Gasteiger partial charge in [0.25, 0.3) is 0 Å². The number of hydrogen-bond acceptors (Lipinski definition) is 3. The van der Waals surface area contributed by atoms with Gasteiger partial charge >= 0.3 is 0 Å². The summed E-state index contributed by atoms with van der Waals surface area (Å²) in [5.74, 6) is 3.48. The predicted octanol–water partition coefficient (Wildman–Crippen LogP) is 4.77. The van der Waals surface area contributed by atoms with Crippen LogP contribution in [0.2, 0.25) is 0 Å². The molecule has 7 atom stereocenters. The lowest BCUT2D eigenvalue weighted by atomic mass is 9.44. The van der Waals surface area contributed by atoms with Crippen LogP contribution in [0, 0.1) is 34.5 Å². The molecule has 0 N–H and O–H groups in total. The molecule has 26 heavy (non-hydrogen) atoms. The molecule has 1 aliphatic heterocycles. The summed E-state index contributed by atoms with van der Waals surface area (Å²) in [6.45, 7) is 8.57. The van der Waals surface area contributed by atoms with E-state index in [0.29, 0.717) is 23.2 Å². The molecule has 1 saturated heterocycles. The molecule has 0 aromatic heterocycles. The van der Waals surface area contributed by atoms with Crippen LogP contribution in [-0.4, -0.2) is 30.7 Å². The Balaban J connectivity index is 1.46. The lowest BCUT2D eigenvalue weighted by Gasteiger charge is -2.61. The quantitative estimate of drug-likeness (QED) is 0.680. The first kappa shape index (κ1) is 17.7. The summed E-state index contributed by atoms with van der Waals surface area (Å²) < 4.78 is 12.2. The molecule has 5 fully saturated rings. The number of Topliss-reactive ketones (excluding diaryl/α,β-unsaturated/α-hetero) is 1. The highest BCUT2D eigenvalue weighted by Crippen LogP contribution is 2.67. The number of fused-ring (bicyclic) bond motifs is 5. The van der Waals surface area contributed by atoms with Gasteiger partial charge in [-0.1, -0.05) is 6.92 Å². The zero-order valence-corrected chi connectivity index (χ0v) is 16.9. The van der Waals surface area contributed by atoms with Crippen molar-refractivity contribution in [1.82, 2.24) is 0 Å².